The van der Waals surface area contributed by atoms with Gasteiger partial charge in [-0.1, -0.05) is 0 Å². The van der Waals surface area contributed by atoms with Crippen molar-refractivity contribution in [3.63, 3.8) is 0 Å². The van der Waals surface area contributed by atoms with E-state index < -0.39 is 0 Å². The number of anilines is 1. The first-order valence-electron chi connectivity index (χ1n) is 9.12. The third kappa shape index (κ3) is 3.53. The smallest absolute Gasteiger partial charge is 0.254 e. The van der Waals surface area contributed by atoms with E-state index in [0.717, 1.165) is 24.6 Å². The first-order chi connectivity index (χ1) is 12.7. The Kier molecular flexibility index (Phi) is 4.79. The van der Waals surface area contributed by atoms with Gasteiger partial charge in [0.05, 0.1) is 18.8 Å². The Bertz CT molecular complexity index is 791. The number of nitrogens with zero attached hydrogens (tertiary/aromatic N) is 5. The van der Waals surface area contributed by atoms with Gasteiger partial charge in [0.2, 0.25) is 0 Å². The maximum Gasteiger partial charge on any atom is 0.254 e. The normalized spacial score (nSPS) is 20.4. The highest BCUT2D eigenvalue weighted by Gasteiger charge is 2.27. The molecule has 2 aromatic rings. The van der Waals surface area contributed by atoms with Crippen molar-refractivity contribution in [3.8, 4) is 0 Å². The second kappa shape index (κ2) is 7.37. The molecule has 2 fully saturated rings. The molecule has 4 rings (SSSR count). The predicted octanol–water partition coefficient (Wildman–Crippen LogP) is 1.99. The Hall–Kier alpha value is -2.54. The van der Waals surface area contributed by atoms with Crippen molar-refractivity contribution in [2.45, 2.75) is 25.9 Å². The zero-order valence-electron chi connectivity index (χ0n) is 15.0. The summed E-state index contributed by atoms with van der Waals surface area (Å²) in [5.41, 5.74) is 1.50. The van der Waals surface area contributed by atoms with Gasteiger partial charge in [0.1, 0.15) is 17.7 Å². The number of carbonyl (C=O) groups excluding carboxylic acids is 1. The topological polar surface area (TPSA) is 71.5 Å². The van der Waals surface area contributed by atoms with Crippen molar-refractivity contribution in [3.05, 3.63) is 47.7 Å². The summed E-state index contributed by atoms with van der Waals surface area (Å²) in [7, 11) is 0. The third-order valence-corrected chi connectivity index (χ3v) is 4.90. The van der Waals surface area contributed by atoms with E-state index in [9.17, 15) is 4.79 Å². The summed E-state index contributed by atoms with van der Waals surface area (Å²) in [6, 6.07) is 5.55. The molecule has 136 valence electrons. The lowest BCUT2D eigenvalue weighted by atomic mass is 10.1. The van der Waals surface area contributed by atoms with Crippen molar-refractivity contribution in [2.75, 3.05) is 37.7 Å². The van der Waals surface area contributed by atoms with Gasteiger partial charge in [-0.05, 0) is 38.0 Å². The van der Waals surface area contributed by atoms with E-state index in [-0.39, 0.29) is 12.0 Å². The van der Waals surface area contributed by atoms with Crippen molar-refractivity contribution >= 4 is 11.7 Å². The van der Waals surface area contributed by atoms with Crippen LogP contribution in [0.3, 0.4) is 0 Å². The number of rotatable bonds is 3. The van der Waals surface area contributed by atoms with Crippen LogP contribution in [-0.2, 0) is 4.74 Å². The highest BCUT2D eigenvalue weighted by Crippen LogP contribution is 2.23. The van der Waals surface area contributed by atoms with Crippen LogP contribution < -0.4 is 4.90 Å². The standard InChI is InChI=1S/C19H23N5O2/c1-14-20-7-5-16(22-14)17-13-24(10-11-26-17)19(25)15-4-6-21-18(12-15)23-8-2-3-9-23/h4-7,12,17H,2-3,8-11,13H2,1H3. The summed E-state index contributed by atoms with van der Waals surface area (Å²) in [5, 5.41) is 0. The maximum atomic E-state index is 13.0. The van der Waals surface area contributed by atoms with E-state index in [1.54, 1.807) is 18.5 Å². The molecule has 0 spiro atoms. The fraction of sp³-hybridized carbons (Fsp3) is 0.474. The quantitative estimate of drug-likeness (QED) is 0.840. The van der Waals surface area contributed by atoms with Crippen LogP contribution in [0.25, 0.3) is 0 Å². The molecule has 0 N–H and O–H groups in total. The first kappa shape index (κ1) is 16.9. The fourth-order valence-corrected chi connectivity index (χ4v) is 3.52. The van der Waals surface area contributed by atoms with E-state index >= 15 is 0 Å². The molecule has 1 unspecified atom stereocenters. The van der Waals surface area contributed by atoms with Crippen molar-refractivity contribution in [1.82, 2.24) is 19.9 Å². The van der Waals surface area contributed by atoms with Gasteiger partial charge in [0, 0.05) is 37.6 Å². The first-order valence-corrected chi connectivity index (χ1v) is 9.12. The predicted molar refractivity (Wildman–Crippen MR) is 97.0 cm³/mol. The molecule has 0 bridgehead atoms. The van der Waals surface area contributed by atoms with Crippen LogP contribution in [-0.4, -0.2) is 58.5 Å². The van der Waals surface area contributed by atoms with Gasteiger partial charge >= 0.3 is 0 Å². The molecule has 7 nitrogen and oxygen atoms in total. The number of aryl methyl sites for hydroxylation is 1. The Labute approximate surface area is 153 Å². The van der Waals surface area contributed by atoms with Crippen molar-refractivity contribution in [2.24, 2.45) is 0 Å². The zero-order valence-corrected chi connectivity index (χ0v) is 15.0. The molecule has 0 aromatic carbocycles. The van der Waals surface area contributed by atoms with Crippen LogP contribution in [0.15, 0.2) is 30.6 Å². The van der Waals surface area contributed by atoms with Crippen LogP contribution in [0.4, 0.5) is 5.82 Å². The van der Waals surface area contributed by atoms with E-state index in [0.29, 0.717) is 31.1 Å². The largest absolute Gasteiger partial charge is 0.368 e. The van der Waals surface area contributed by atoms with E-state index in [1.807, 2.05) is 24.0 Å². The number of morpholine rings is 1. The van der Waals surface area contributed by atoms with E-state index in [1.165, 1.54) is 12.8 Å². The number of ether oxygens (including phenoxy) is 1. The van der Waals surface area contributed by atoms with Crippen LogP contribution in [0.1, 0.15) is 40.8 Å². The van der Waals surface area contributed by atoms with Crippen LogP contribution >= 0.6 is 0 Å². The van der Waals surface area contributed by atoms with Gasteiger partial charge in [-0.15, -0.1) is 0 Å². The van der Waals surface area contributed by atoms with Crippen molar-refractivity contribution in [1.29, 1.82) is 0 Å². The highest BCUT2D eigenvalue weighted by atomic mass is 16.5. The molecule has 0 radical (unpaired) electrons. The number of hydrogen-bond acceptors (Lipinski definition) is 6. The molecule has 0 aliphatic carbocycles. The molecule has 2 aliphatic rings. The Morgan fingerprint density at radius 2 is 1.96 bits per heavy atom. The number of hydrogen-bond donors (Lipinski definition) is 0. The van der Waals surface area contributed by atoms with Crippen LogP contribution in [0, 0.1) is 6.92 Å². The molecule has 1 atom stereocenters. The molecule has 26 heavy (non-hydrogen) atoms. The van der Waals surface area contributed by atoms with Crippen molar-refractivity contribution < 1.29 is 9.53 Å². The molecule has 1 amide bonds. The lowest BCUT2D eigenvalue weighted by Gasteiger charge is -2.33. The Morgan fingerprint density at radius 1 is 1.15 bits per heavy atom. The highest BCUT2D eigenvalue weighted by molar-refractivity contribution is 5.95. The number of aromatic nitrogens is 3. The molecule has 2 aromatic heterocycles. The molecule has 7 heteroatoms. The molecule has 0 saturated carbocycles. The number of carbonyl (C=O) groups is 1. The summed E-state index contributed by atoms with van der Waals surface area (Å²) in [6.45, 7) is 5.46. The minimum absolute atomic E-state index is 0.0203. The molecule has 2 saturated heterocycles. The fourth-order valence-electron chi connectivity index (χ4n) is 3.52. The van der Waals surface area contributed by atoms with E-state index in [2.05, 4.69) is 19.9 Å². The molecule has 4 heterocycles. The summed E-state index contributed by atoms with van der Waals surface area (Å²) >= 11 is 0. The number of amides is 1. The van der Waals surface area contributed by atoms with Gasteiger partial charge in [-0.25, -0.2) is 15.0 Å². The minimum Gasteiger partial charge on any atom is -0.368 e. The second-order valence-electron chi connectivity index (χ2n) is 6.74. The average molecular weight is 353 g/mol. The van der Waals surface area contributed by atoms with E-state index in [4.69, 9.17) is 4.74 Å². The summed E-state index contributed by atoms with van der Waals surface area (Å²) < 4.78 is 5.84. The zero-order chi connectivity index (χ0) is 17.9. The lowest BCUT2D eigenvalue weighted by Crippen LogP contribution is -2.42. The maximum absolute atomic E-state index is 13.0. The Balaban J connectivity index is 1.50. The van der Waals surface area contributed by atoms with Crippen LogP contribution in [0.2, 0.25) is 0 Å². The van der Waals surface area contributed by atoms with Gasteiger partial charge < -0.3 is 14.5 Å². The van der Waals surface area contributed by atoms with Gasteiger partial charge in [-0.2, -0.15) is 0 Å². The summed E-state index contributed by atoms with van der Waals surface area (Å²) in [4.78, 5) is 30.1. The lowest BCUT2D eigenvalue weighted by molar-refractivity contribution is -0.0248. The number of pyridine rings is 1. The summed E-state index contributed by atoms with van der Waals surface area (Å²) in [6.07, 6.45) is 5.61. The second-order valence-corrected chi connectivity index (χ2v) is 6.74. The summed E-state index contributed by atoms with van der Waals surface area (Å²) in [5.74, 6) is 1.62. The van der Waals surface area contributed by atoms with Crippen LogP contribution in [0.5, 0.6) is 0 Å². The average Bonchev–Trinajstić information content (AvgIpc) is 3.22. The van der Waals surface area contributed by atoms with Gasteiger partial charge in [-0.3, -0.25) is 4.79 Å². The minimum atomic E-state index is -0.214. The monoisotopic (exact) mass is 353 g/mol. The SMILES string of the molecule is Cc1nccc(C2CN(C(=O)c3ccnc(N4CCCC4)c3)CCO2)n1. The van der Waals surface area contributed by atoms with Gasteiger partial charge in [0.15, 0.2) is 0 Å². The molecule has 2 aliphatic heterocycles. The Morgan fingerprint density at radius 3 is 2.77 bits per heavy atom. The third-order valence-electron chi connectivity index (χ3n) is 4.90. The molecular formula is C19H23N5O2. The van der Waals surface area contributed by atoms with Gasteiger partial charge in [0.25, 0.3) is 5.91 Å². The molecular weight excluding hydrogens is 330 g/mol.